The van der Waals surface area contributed by atoms with E-state index in [4.69, 9.17) is 10.2 Å². The number of nitrogens with two attached hydrogens (primary N) is 1. The first kappa shape index (κ1) is 21.7. The molecule has 0 unspecified atom stereocenters. The highest BCUT2D eigenvalue weighted by atomic mass is 32.2. The predicted molar refractivity (Wildman–Crippen MR) is 117 cm³/mol. The first-order chi connectivity index (χ1) is 15.2. The van der Waals surface area contributed by atoms with Crippen LogP contribution in [0.15, 0.2) is 33.3 Å². The first-order valence-corrected chi connectivity index (χ1v) is 13.0. The summed E-state index contributed by atoms with van der Waals surface area (Å²) in [5.74, 6) is 1.44. The molecule has 5 aliphatic rings. The Hall–Kier alpha value is -2.13. The van der Waals surface area contributed by atoms with Crippen molar-refractivity contribution < 1.29 is 22.4 Å². The molecule has 5 fully saturated rings. The van der Waals surface area contributed by atoms with Gasteiger partial charge in [-0.3, -0.25) is 9.59 Å². The summed E-state index contributed by atoms with van der Waals surface area (Å²) in [6, 6.07) is 2.50. The first-order valence-electron chi connectivity index (χ1n) is 11.5. The molecular formula is C23H31N3O5S. The molecule has 0 aromatic carbocycles. The Morgan fingerprint density at radius 3 is 2.09 bits per heavy atom. The van der Waals surface area contributed by atoms with Gasteiger partial charge in [-0.2, -0.15) is 4.31 Å². The fourth-order valence-corrected chi connectivity index (χ4v) is 8.22. The second-order valence-electron chi connectivity index (χ2n) is 10.2. The van der Waals surface area contributed by atoms with E-state index in [1.165, 1.54) is 60.5 Å². The van der Waals surface area contributed by atoms with Gasteiger partial charge < -0.3 is 15.1 Å². The monoisotopic (exact) mass is 461 g/mol. The standard InChI is InChI=1S/C23H31N3O5S/c1-15(23-12-16-9-17(13-23)11-18(10-16)14-23)8-20(27)25-4-6-26(7-5-25)32(29,30)21-3-2-19(31-21)22(24)28/h2-3,8,16-18H,4-7,9-14H2,1H3,(H2,24,28)/b15-8-. The maximum Gasteiger partial charge on any atom is 0.284 e. The van der Waals surface area contributed by atoms with Gasteiger partial charge in [0.2, 0.25) is 11.0 Å². The second kappa shape index (κ2) is 7.73. The Labute approximate surface area is 188 Å². The highest BCUT2D eigenvalue weighted by Gasteiger charge is 2.51. The number of primary amides is 1. The van der Waals surface area contributed by atoms with Crippen LogP contribution in [0.4, 0.5) is 0 Å². The summed E-state index contributed by atoms with van der Waals surface area (Å²) < 4.78 is 32.0. The van der Waals surface area contributed by atoms with E-state index in [0.717, 1.165) is 17.8 Å². The lowest BCUT2D eigenvalue weighted by Gasteiger charge is -2.57. The Bertz CT molecular complexity index is 1030. The van der Waals surface area contributed by atoms with Gasteiger partial charge in [0.05, 0.1) is 0 Å². The lowest BCUT2D eigenvalue weighted by molar-refractivity contribution is -0.127. The molecule has 0 spiro atoms. The van der Waals surface area contributed by atoms with Crippen LogP contribution in [-0.2, 0) is 14.8 Å². The van der Waals surface area contributed by atoms with Gasteiger partial charge in [0, 0.05) is 32.3 Å². The summed E-state index contributed by atoms with van der Waals surface area (Å²) in [7, 11) is -3.87. The van der Waals surface area contributed by atoms with E-state index in [-0.39, 0.29) is 35.3 Å². The highest BCUT2D eigenvalue weighted by Crippen LogP contribution is 2.62. The zero-order valence-corrected chi connectivity index (χ0v) is 19.3. The van der Waals surface area contributed by atoms with Gasteiger partial charge in [0.15, 0.2) is 5.76 Å². The van der Waals surface area contributed by atoms with Crippen LogP contribution in [-0.4, -0.2) is 55.6 Å². The van der Waals surface area contributed by atoms with Crippen LogP contribution in [0.1, 0.15) is 56.0 Å². The average Bonchev–Trinajstić information content (AvgIpc) is 3.24. The summed E-state index contributed by atoms with van der Waals surface area (Å²) in [5, 5.41) is -0.302. The van der Waals surface area contributed by atoms with E-state index in [1.54, 1.807) is 4.90 Å². The number of allylic oxidation sites excluding steroid dienone is 1. The fourth-order valence-electron chi connectivity index (χ4n) is 6.89. The van der Waals surface area contributed by atoms with Gasteiger partial charge in [0.25, 0.3) is 15.9 Å². The fraction of sp³-hybridized carbons (Fsp3) is 0.652. The third kappa shape index (κ3) is 3.69. The van der Waals surface area contributed by atoms with Crippen molar-refractivity contribution in [3.05, 3.63) is 29.5 Å². The van der Waals surface area contributed by atoms with Crippen LogP contribution in [0.2, 0.25) is 0 Å². The van der Waals surface area contributed by atoms with Crippen molar-refractivity contribution in [2.75, 3.05) is 26.2 Å². The number of carbonyl (C=O) groups excluding carboxylic acids is 2. The highest BCUT2D eigenvalue weighted by molar-refractivity contribution is 7.89. The Balaban J connectivity index is 1.23. The molecule has 9 heteroatoms. The number of sulfonamides is 1. The van der Waals surface area contributed by atoms with E-state index in [0.29, 0.717) is 13.1 Å². The molecule has 1 aromatic heterocycles. The molecule has 6 rings (SSSR count). The third-order valence-electron chi connectivity index (χ3n) is 8.18. The van der Waals surface area contributed by atoms with Crippen molar-refractivity contribution in [1.82, 2.24) is 9.21 Å². The smallest absolute Gasteiger partial charge is 0.284 e. The second-order valence-corrected chi connectivity index (χ2v) is 12.1. The summed E-state index contributed by atoms with van der Waals surface area (Å²) >= 11 is 0. The topological polar surface area (TPSA) is 114 Å². The van der Waals surface area contributed by atoms with Gasteiger partial charge in [-0.1, -0.05) is 5.57 Å². The number of hydrogen-bond donors (Lipinski definition) is 1. The van der Waals surface area contributed by atoms with Crippen molar-refractivity contribution in [3.8, 4) is 0 Å². The lowest BCUT2D eigenvalue weighted by atomic mass is 9.48. The molecule has 1 aromatic rings. The van der Waals surface area contributed by atoms with E-state index in [9.17, 15) is 18.0 Å². The van der Waals surface area contributed by atoms with Crippen LogP contribution in [0, 0.1) is 23.2 Å². The predicted octanol–water partition coefficient (Wildman–Crippen LogP) is 2.37. The summed E-state index contributed by atoms with van der Waals surface area (Å²) in [6.45, 7) is 3.15. The molecule has 8 nitrogen and oxygen atoms in total. The van der Waals surface area contributed by atoms with E-state index in [2.05, 4.69) is 6.92 Å². The van der Waals surface area contributed by atoms with E-state index >= 15 is 0 Å². The number of furan rings is 1. The number of nitrogens with zero attached hydrogens (tertiary/aromatic N) is 2. The number of hydrogen-bond acceptors (Lipinski definition) is 5. The molecule has 32 heavy (non-hydrogen) atoms. The van der Waals surface area contributed by atoms with Crippen molar-refractivity contribution in [3.63, 3.8) is 0 Å². The summed E-state index contributed by atoms with van der Waals surface area (Å²) in [5.41, 5.74) is 6.56. The third-order valence-corrected chi connectivity index (χ3v) is 9.96. The molecule has 1 saturated heterocycles. The largest absolute Gasteiger partial charge is 0.438 e. The summed E-state index contributed by atoms with van der Waals surface area (Å²) in [4.78, 5) is 25.9. The normalized spacial score (nSPS) is 33.0. The zero-order chi connectivity index (χ0) is 22.7. The molecule has 2 heterocycles. The molecule has 4 aliphatic carbocycles. The zero-order valence-electron chi connectivity index (χ0n) is 18.5. The molecule has 4 bridgehead atoms. The van der Waals surface area contributed by atoms with Crippen LogP contribution in [0.3, 0.4) is 0 Å². The van der Waals surface area contributed by atoms with E-state index in [1.807, 2.05) is 6.08 Å². The quantitative estimate of drug-likeness (QED) is 0.676. The Morgan fingerprint density at radius 1 is 1.03 bits per heavy atom. The number of piperazine rings is 1. The summed E-state index contributed by atoms with van der Waals surface area (Å²) in [6.07, 6.45) is 9.59. The van der Waals surface area contributed by atoms with E-state index < -0.39 is 15.9 Å². The minimum atomic E-state index is -3.87. The molecule has 0 atom stereocenters. The van der Waals surface area contributed by atoms with Crippen molar-refractivity contribution >= 4 is 21.8 Å². The Morgan fingerprint density at radius 2 is 1.59 bits per heavy atom. The van der Waals surface area contributed by atoms with Crippen LogP contribution in [0.25, 0.3) is 0 Å². The van der Waals surface area contributed by atoms with Crippen molar-refractivity contribution in [2.24, 2.45) is 28.9 Å². The number of carbonyl (C=O) groups is 2. The van der Waals surface area contributed by atoms with Gasteiger partial charge in [-0.05, 0) is 80.8 Å². The molecular weight excluding hydrogens is 430 g/mol. The van der Waals surface area contributed by atoms with Crippen molar-refractivity contribution in [2.45, 2.75) is 50.5 Å². The maximum atomic E-state index is 13.0. The molecule has 1 aliphatic heterocycles. The van der Waals surface area contributed by atoms with Gasteiger partial charge in [0.1, 0.15) is 0 Å². The van der Waals surface area contributed by atoms with Gasteiger partial charge in [-0.15, -0.1) is 0 Å². The van der Waals surface area contributed by atoms with Crippen LogP contribution >= 0.6 is 0 Å². The molecule has 0 radical (unpaired) electrons. The number of rotatable bonds is 5. The van der Waals surface area contributed by atoms with Gasteiger partial charge in [-0.25, -0.2) is 8.42 Å². The van der Waals surface area contributed by atoms with Crippen molar-refractivity contribution in [1.29, 1.82) is 0 Å². The van der Waals surface area contributed by atoms with Crippen LogP contribution in [0.5, 0.6) is 0 Å². The lowest BCUT2D eigenvalue weighted by Crippen LogP contribution is -2.50. The maximum absolute atomic E-state index is 13.0. The van der Waals surface area contributed by atoms with Crippen LogP contribution < -0.4 is 5.73 Å². The SMILES string of the molecule is C/C(=C/C(=O)N1CCN(S(=O)(=O)c2ccc(C(N)=O)o2)CC1)C12CC3CC(CC(C3)C1)C2. The molecule has 4 saturated carbocycles. The number of amides is 2. The minimum absolute atomic E-state index is 0.0238. The van der Waals surface area contributed by atoms with Gasteiger partial charge >= 0.3 is 0 Å². The molecule has 2 N–H and O–H groups in total. The minimum Gasteiger partial charge on any atom is -0.438 e. The molecule has 2 amide bonds. The molecule has 174 valence electrons. The average molecular weight is 462 g/mol. The Kier molecular flexibility index (Phi) is 5.24.